The van der Waals surface area contributed by atoms with Crippen LogP contribution in [-0.2, 0) is 6.42 Å². The van der Waals surface area contributed by atoms with Gasteiger partial charge in [-0.25, -0.2) is 0 Å². The van der Waals surface area contributed by atoms with E-state index in [0.29, 0.717) is 5.92 Å². The smallest absolute Gasteiger partial charge is 0.00975 e. The Morgan fingerprint density at radius 1 is 1.38 bits per heavy atom. The lowest BCUT2D eigenvalue weighted by Crippen LogP contribution is -1.92. The van der Waals surface area contributed by atoms with Gasteiger partial charge in [0.25, 0.3) is 0 Å². The van der Waals surface area contributed by atoms with Crippen LogP contribution in [0.2, 0.25) is 0 Å². The van der Waals surface area contributed by atoms with E-state index in [9.17, 15) is 0 Å². The van der Waals surface area contributed by atoms with Crippen molar-refractivity contribution in [1.82, 2.24) is 0 Å². The second kappa shape index (κ2) is 4.27. The molecule has 0 heteroatoms. The van der Waals surface area contributed by atoms with E-state index in [-0.39, 0.29) is 0 Å². The molecule has 0 bridgehead atoms. The van der Waals surface area contributed by atoms with Crippen molar-refractivity contribution in [2.75, 3.05) is 0 Å². The zero-order chi connectivity index (χ0) is 9.84. The lowest BCUT2D eigenvalue weighted by Gasteiger charge is -2.09. The summed E-state index contributed by atoms with van der Waals surface area (Å²) in [5.74, 6) is 0.622. The van der Waals surface area contributed by atoms with Crippen LogP contribution in [0.5, 0.6) is 0 Å². The molecule has 70 valence electrons. The number of rotatable bonds is 3. The number of benzene rings is 1. The minimum atomic E-state index is 0.622. The Bertz CT molecular complexity index is 295. The first-order valence-electron chi connectivity index (χ1n) is 4.85. The third kappa shape index (κ3) is 2.45. The van der Waals surface area contributed by atoms with Crippen molar-refractivity contribution < 1.29 is 0 Å². The van der Waals surface area contributed by atoms with Gasteiger partial charge in [0.1, 0.15) is 0 Å². The fourth-order valence-corrected chi connectivity index (χ4v) is 1.46. The first-order chi connectivity index (χ1) is 6.15. The monoisotopic (exact) mass is 174 g/mol. The van der Waals surface area contributed by atoms with Crippen molar-refractivity contribution in [3.05, 3.63) is 47.5 Å². The van der Waals surface area contributed by atoms with Crippen LogP contribution in [0, 0.1) is 6.92 Å². The molecule has 0 N–H and O–H groups in total. The Kier molecular flexibility index (Phi) is 3.30. The van der Waals surface area contributed by atoms with Gasteiger partial charge in [-0.15, -0.1) is 6.58 Å². The van der Waals surface area contributed by atoms with Crippen LogP contribution in [0.1, 0.15) is 36.5 Å². The fourth-order valence-electron chi connectivity index (χ4n) is 1.46. The van der Waals surface area contributed by atoms with Gasteiger partial charge in [0.2, 0.25) is 0 Å². The van der Waals surface area contributed by atoms with Crippen molar-refractivity contribution in [2.45, 2.75) is 33.1 Å². The lowest BCUT2D eigenvalue weighted by molar-refractivity contribution is 0.863. The molecule has 0 unspecified atom stereocenters. The molecule has 0 radical (unpaired) electrons. The molecular weight excluding hydrogens is 156 g/mol. The van der Waals surface area contributed by atoms with Crippen molar-refractivity contribution in [3.8, 4) is 0 Å². The van der Waals surface area contributed by atoms with Crippen molar-refractivity contribution in [1.29, 1.82) is 0 Å². The molecule has 13 heavy (non-hydrogen) atoms. The maximum Gasteiger partial charge on any atom is -0.00975 e. The molecule has 1 aromatic carbocycles. The SMILES string of the molecule is C=CCc1ccc(C(C)C)cc1C. The summed E-state index contributed by atoms with van der Waals surface area (Å²) < 4.78 is 0. The molecule has 0 spiro atoms. The van der Waals surface area contributed by atoms with Crippen LogP contribution in [0.15, 0.2) is 30.9 Å². The zero-order valence-corrected chi connectivity index (χ0v) is 8.80. The van der Waals surface area contributed by atoms with Gasteiger partial charge in [0, 0.05) is 0 Å². The molecule has 0 saturated heterocycles. The summed E-state index contributed by atoms with van der Waals surface area (Å²) in [5, 5.41) is 0. The summed E-state index contributed by atoms with van der Waals surface area (Å²) in [6.07, 6.45) is 2.93. The first kappa shape index (κ1) is 10.0. The van der Waals surface area contributed by atoms with Crippen molar-refractivity contribution in [3.63, 3.8) is 0 Å². The Morgan fingerprint density at radius 3 is 2.54 bits per heavy atom. The van der Waals surface area contributed by atoms with Gasteiger partial charge in [0.05, 0.1) is 0 Å². The van der Waals surface area contributed by atoms with Crippen LogP contribution in [0.4, 0.5) is 0 Å². The highest BCUT2D eigenvalue weighted by molar-refractivity contribution is 5.33. The van der Waals surface area contributed by atoms with Crippen molar-refractivity contribution in [2.24, 2.45) is 0 Å². The Balaban J connectivity index is 2.98. The summed E-state index contributed by atoms with van der Waals surface area (Å²) in [5.41, 5.74) is 4.19. The van der Waals surface area contributed by atoms with Crippen LogP contribution in [0.3, 0.4) is 0 Å². The van der Waals surface area contributed by atoms with Gasteiger partial charge in [-0.05, 0) is 36.0 Å². The minimum Gasteiger partial charge on any atom is -0.103 e. The largest absolute Gasteiger partial charge is 0.103 e. The number of allylic oxidation sites excluding steroid dienone is 1. The lowest BCUT2D eigenvalue weighted by atomic mass is 9.97. The molecule has 0 aliphatic carbocycles. The van der Waals surface area contributed by atoms with Crippen LogP contribution >= 0.6 is 0 Å². The van der Waals surface area contributed by atoms with Crippen LogP contribution in [-0.4, -0.2) is 0 Å². The number of hydrogen-bond acceptors (Lipinski definition) is 0. The highest BCUT2D eigenvalue weighted by Crippen LogP contribution is 2.18. The third-order valence-electron chi connectivity index (χ3n) is 2.40. The summed E-state index contributed by atoms with van der Waals surface area (Å²) in [7, 11) is 0. The van der Waals surface area contributed by atoms with E-state index in [1.165, 1.54) is 16.7 Å². The number of aryl methyl sites for hydroxylation is 1. The molecule has 0 aliphatic rings. The predicted molar refractivity (Wildman–Crippen MR) is 59.2 cm³/mol. The van der Waals surface area contributed by atoms with Gasteiger partial charge < -0.3 is 0 Å². The quantitative estimate of drug-likeness (QED) is 0.611. The summed E-state index contributed by atoms with van der Waals surface area (Å²) >= 11 is 0. The maximum absolute atomic E-state index is 3.75. The molecule has 0 fully saturated rings. The third-order valence-corrected chi connectivity index (χ3v) is 2.40. The van der Waals surface area contributed by atoms with E-state index in [0.717, 1.165) is 6.42 Å². The standard InChI is InChI=1S/C13H18/c1-5-6-12-7-8-13(10(2)3)9-11(12)4/h5,7-10H,1,6H2,2-4H3. The normalized spacial score (nSPS) is 10.5. The molecule has 1 aromatic rings. The Labute approximate surface area is 81.3 Å². The molecule has 0 nitrogen and oxygen atoms in total. The molecule has 1 rings (SSSR count). The summed E-state index contributed by atoms with van der Waals surface area (Å²) in [4.78, 5) is 0. The molecule has 0 amide bonds. The summed E-state index contributed by atoms with van der Waals surface area (Å²) in [6, 6.07) is 6.71. The molecule has 0 aliphatic heterocycles. The van der Waals surface area contributed by atoms with E-state index in [4.69, 9.17) is 0 Å². The Hall–Kier alpha value is -1.04. The topological polar surface area (TPSA) is 0 Å². The van der Waals surface area contributed by atoms with Crippen LogP contribution < -0.4 is 0 Å². The van der Waals surface area contributed by atoms with Gasteiger partial charge >= 0.3 is 0 Å². The van der Waals surface area contributed by atoms with E-state index in [1.807, 2.05) is 6.08 Å². The van der Waals surface area contributed by atoms with E-state index < -0.39 is 0 Å². The molecule has 0 heterocycles. The predicted octanol–water partition coefficient (Wildman–Crippen LogP) is 3.85. The highest BCUT2D eigenvalue weighted by Gasteiger charge is 2.01. The maximum atomic E-state index is 3.75. The molecule has 0 atom stereocenters. The van der Waals surface area contributed by atoms with Crippen LogP contribution in [0.25, 0.3) is 0 Å². The van der Waals surface area contributed by atoms with Gasteiger partial charge in [-0.3, -0.25) is 0 Å². The molecule has 0 aromatic heterocycles. The van der Waals surface area contributed by atoms with Gasteiger partial charge in [-0.1, -0.05) is 38.1 Å². The first-order valence-corrected chi connectivity index (χ1v) is 4.85. The summed E-state index contributed by atoms with van der Waals surface area (Å²) in [6.45, 7) is 10.4. The minimum absolute atomic E-state index is 0.622. The molecule has 0 saturated carbocycles. The second-order valence-electron chi connectivity index (χ2n) is 3.83. The zero-order valence-electron chi connectivity index (χ0n) is 8.80. The average molecular weight is 174 g/mol. The van der Waals surface area contributed by atoms with Gasteiger partial charge in [-0.2, -0.15) is 0 Å². The number of hydrogen-bond donors (Lipinski definition) is 0. The Morgan fingerprint density at radius 2 is 2.08 bits per heavy atom. The van der Waals surface area contributed by atoms with Crippen molar-refractivity contribution >= 4 is 0 Å². The van der Waals surface area contributed by atoms with E-state index in [2.05, 4.69) is 45.5 Å². The van der Waals surface area contributed by atoms with E-state index >= 15 is 0 Å². The fraction of sp³-hybridized carbons (Fsp3) is 0.385. The average Bonchev–Trinajstić information content (AvgIpc) is 2.08. The van der Waals surface area contributed by atoms with E-state index in [1.54, 1.807) is 0 Å². The second-order valence-corrected chi connectivity index (χ2v) is 3.83. The highest BCUT2D eigenvalue weighted by atomic mass is 14.1. The molecular formula is C13H18. The van der Waals surface area contributed by atoms with Gasteiger partial charge in [0.15, 0.2) is 0 Å².